The zero-order chi connectivity index (χ0) is 20.4. The molecule has 7 nitrogen and oxygen atoms in total. The zero-order valence-corrected chi connectivity index (χ0v) is 17.2. The Morgan fingerprint density at radius 1 is 1.11 bits per heavy atom. The highest BCUT2D eigenvalue weighted by Gasteiger charge is 2.10. The van der Waals surface area contributed by atoms with Gasteiger partial charge in [-0.3, -0.25) is 0 Å². The molecule has 1 heterocycles. The predicted molar refractivity (Wildman–Crippen MR) is 108 cm³/mol. The van der Waals surface area contributed by atoms with Crippen LogP contribution in [0.25, 0.3) is 0 Å². The molecule has 0 spiro atoms. The van der Waals surface area contributed by atoms with Crippen molar-refractivity contribution in [2.75, 3.05) is 26.9 Å². The normalized spacial score (nSPS) is 11.7. The second-order valence-electron chi connectivity index (χ2n) is 6.21. The van der Waals surface area contributed by atoms with E-state index in [4.69, 9.17) is 23.6 Å². The fraction of sp³-hybridized carbons (Fsp3) is 0.429. The van der Waals surface area contributed by atoms with Crippen LogP contribution in [0.3, 0.4) is 0 Å². The number of hydrogen-bond donors (Lipinski definition) is 0. The Bertz CT molecular complexity index is 788. The minimum atomic E-state index is 0.413. The highest BCUT2D eigenvalue weighted by Crippen LogP contribution is 2.28. The minimum absolute atomic E-state index is 0.413. The van der Waals surface area contributed by atoms with Crippen LogP contribution in [0.15, 0.2) is 40.0 Å². The molecule has 0 bridgehead atoms. The smallest absolute Gasteiger partial charge is 0.254 e. The second-order valence-corrected chi connectivity index (χ2v) is 6.21. The van der Waals surface area contributed by atoms with E-state index < -0.39 is 0 Å². The minimum Gasteiger partial charge on any atom is -0.493 e. The van der Waals surface area contributed by atoms with Gasteiger partial charge in [0.05, 0.1) is 19.3 Å². The molecule has 0 unspecified atom stereocenters. The first-order valence-corrected chi connectivity index (χ1v) is 9.20. The molecule has 0 aliphatic carbocycles. The average molecular weight is 388 g/mol. The Hall–Kier alpha value is -2.96. The molecule has 0 aliphatic heterocycles. The monoisotopic (exact) mass is 388 g/mol. The molecule has 2 aromatic rings. The fourth-order valence-electron chi connectivity index (χ4n) is 2.55. The molecular weight excluding hydrogens is 360 g/mol. The van der Waals surface area contributed by atoms with E-state index in [1.807, 2.05) is 45.1 Å². The summed E-state index contributed by atoms with van der Waals surface area (Å²) >= 11 is 0. The van der Waals surface area contributed by atoms with Gasteiger partial charge in [-0.15, -0.1) is 0 Å². The quantitative estimate of drug-likeness (QED) is 0.245. The third-order valence-corrected chi connectivity index (χ3v) is 3.87. The topological polar surface area (TPSA) is 75.3 Å². The van der Waals surface area contributed by atoms with Crippen LogP contribution >= 0.6 is 0 Å². The van der Waals surface area contributed by atoms with Crippen LogP contribution < -0.4 is 14.2 Å². The summed E-state index contributed by atoms with van der Waals surface area (Å²) in [7, 11) is 1.48. The van der Waals surface area contributed by atoms with Crippen molar-refractivity contribution < 1.29 is 23.6 Å². The van der Waals surface area contributed by atoms with Crippen LogP contribution in [-0.4, -0.2) is 37.8 Å². The van der Waals surface area contributed by atoms with Crippen LogP contribution in [0.4, 0.5) is 0 Å². The standard InChI is InChI=1S/C21H28N2O5/c1-6-7-9-25-18-12-15(2)21(16(3)13-18)27-11-8-10-26-20-14-19(28-23-20)17(4)22-24-5/h6-7,12-14H,8-11H2,1-5H3/b7-6+,22-17+. The molecule has 2 rings (SSSR count). The highest BCUT2D eigenvalue weighted by molar-refractivity contribution is 5.95. The molecular formula is C21H28N2O5. The van der Waals surface area contributed by atoms with Crippen molar-refractivity contribution in [2.24, 2.45) is 5.16 Å². The molecule has 0 radical (unpaired) electrons. The number of aryl methyl sites for hydroxylation is 2. The summed E-state index contributed by atoms with van der Waals surface area (Å²) in [6, 6.07) is 5.66. The Labute approximate surface area is 165 Å². The maximum Gasteiger partial charge on any atom is 0.254 e. The summed E-state index contributed by atoms with van der Waals surface area (Å²) in [5.41, 5.74) is 2.69. The van der Waals surface area contributed by atoms with Gasteiger partial charge in [0.1, 0.15) is 30.9 Å². The Morgan fingerprint density at radius 2 is 1.82 bits per heavy atom. The summed E-state index contributed by atoms with van der Waals surface area (Å²) in [6.45, 7) is 9.34. The molecule has 0 amide bonds. The molecule has 7 heteroatoms. The first-order chi connectivity index (χ1) is 13.5. The van der Waals surface area contributed by atoms with E-state index in [1.165, 1.54) is 7.11 Å². The molecule has 28 heavy (non-hydrogen) atoms. The number of nitrogens with zero attached hydrogens (tertiary/aromatic N) is 2. The van der Waals surface area contributed by atoms with E-state index in [9.17, 15) is 0 Å². The first kappa shape index (κ1) is 21.3. The molecule has 0 aliphatic rings. The Balaban J connectivity index is 1.78. The summed E-state index contributed by atoms with van der Waals surface area (Å²) in [5.74, 6) is 2.65. The average Bonchev–Trinajstić information content (AvgIpc) is 3.13. The Morgan fingerprint density at radius 3 is 2.50 bits per heavy atom. The van der Waals surface area contributed by atoms with Gasteiger partial charge in [0.15, 0.2) is 5.76 Å². The van der Waals surface area contributed by atoms with Gasteiger partial charge in [0.25, 0.3) is 5.88 Å². The van der Waals surface area contributed by atoms with Crippen LogP contribution in [0.5, 0.6) is 17.4 Å². The van der Waals surface area contributed by atoms with Gasteiger partial charge in [-0.25, -0.2) is 0 Å². The van der Waals surface area contributed by atoms with Crippen LogP contribution in [0.2, 0.25) is 0 Å². The maximum atomic E-state index is 5.93. The van der Waals surface area contributed by atoms with Gasteiger partial charge < -0.3 is 23.6 Å². The van der Waals surface area contributed by atoms with Crippen molar-refractivity contribution in [3.63, 3.8) is 0 Å². The van der Waals surface area contributed by atoms with E-state index in [-0.39, 0.29) is 0 Å². The van der Waals surface area contributed by atoms with Gasteiger partial charge >= 0.3 is 0 Å². The number of oxime groups is 1. The van der Waals surface area contributed by atoms with Crippen molar-refractivity contribution in [1.29, 1.82) is 0 Å². The summed E-state index contributed by atoms with van der Waals surface area (Å²) in [6.07, 6.45) is 4.65. The molecule has 0 saturated heterocycles. The van der Waals surface area contributed by atoms with Gasteiger partial charge in [-0.05, 0) is 56.1 Å². The van der Waals surface area contributed by atoms with Crippen molar-refractivity contribution >= 4 is 5.71 Å². The highest BCUT2D eigenvalue weighted by atomic mass is 16.6. The number of hydrogen-bond acceptors (Lipinski definition) is 7. The molecule has 0 atom stereocenters. The Kier molecular flexibility index (Phi) is 8.39. The van der Waals surface area contributed by atoms with E-state index in [0.717, 1.165) is 22.6 Å². The fourth-order valence-corrected chi connectivity index (χ4v) is 2.55. The number of benzene rings is 1. The summed E-state index contributed by atoms with van der Waals surface area (Å²) in [5, 5.41) is 7.64. The molecule has 0 N–H and O–H groups in total. The van der Waals surface area contributed by atoms with Crippen molar-refractivity contribution in [3.05, 3.63) is 47.2 Å². The number of allylic oxidation sites excluding steroid dienone is 1. The van der Waals surface area contributed by atoms with E-state index >= 15 is 0 Å². The van der Waals surface area contributed by atoms with E-state index in [2.05, 4.69) is 10.3 Å². The molecule has 1 aromatic heterocycles. The van der Waals surface area contributed by atoms with Crippen LogP contribution in [0, 0.1) is 13.8 Å². The lowest BCUT2D eigenvalue weighted by Gasteiger charge is -2.14. The van der Waals surface area contributed by atoms with Gasteiger partial charge in [0, 0.05) is 6.42 Å². The summed E-state index contributed by atoms with van der Waals surface area (Å²) < 4.78 is 22.4. The lowest BCUT2D eigenvalue weighted by Crippen LogP contribution is -2.07. The lowest BCUT2D eigenvalue weighted by atomic mass is 10.1. The van der Waals surface area contributed by atoms with Gasteiger partial charge in [-0.1, -0.05) is 17.3 Å². The lowest BCUT2D eigenvalue weighted by molar-refractivity contribution is 0.212. The van der Waals surface area contributed by atoms with Crippen molar-refractivity contribution in [1.82, 2.24) is 5.16 Å². The first-order valence-electron chi connectivity index (χ1n) is 9.20. The molecule has 1 aromatic carbocycles. The third-order valence-electron chi connectivity index (χ3n) is 3.87. The molecule has 152 valence electrons. The van der Waals surface area contributed by atoms with Crippen LogP contribution in [-0.2, 0) is 4.84 Å². The van der Waals surface area contributed by atoms with E-state index in [1.54, 1.807) is 13.0 Å². The van der Waals surface area contributed by atoms with Crippen LogP contribution in [0.1, 0.15) is 37.2 Å². The molecule has 0 fully saturated rings. The summed E-state index contributed by atoms with van der Waals surface area (Å²) in [4.78, 5) is 4.71. The number of rotatable bonds is 11. The largest absolute Gasteiger partial charge is 0.493 e. The van der Waals surface area contributed by atoms with Gasteiger partial charge in [-0.2, -0.15) is 0 Å². The zero-order valence-electron chi connectivity index (χ0n) is 17.2. The number of aromatic nitrogens is 1. The maximum absolute atomic E-state index is 5.93. The SMILES string of the molecule is C/C=C/COc1cc(C)c(OCCCOc2cc(/C(C)=N/OC)on2)c(C)c1. The number of ether oxygens (including phenoxy) is 3. The van der Waals surface area contributed by atoms with E-state index in [0.29, 0.717) is 43.6 Å². The second kappa shape index (κ2) is 11.0. The van der Waals surface area contributed by atoms with Crippen molar-refractivity contribution in [3.8, 4) is 17.4 Å². The third kappa shape index (κ3) is 6.33. The predicted octanol–water partition coefficient (Wildman–Crippen LogP) is 4.46. The van der Waals surface area contributed by atoms with Crippen molar-refractivity contribution in [2.45, 2.75) is 34.1 Å². The molecule has 0 saturated carbocycles. The van der Waals surface area contributed by atoms with Gasteiger partial charge in [0.2, 0.25) is 0 Å².